The molecule has 3 heterocycles. The number of ether oxygens (including phenoxy) is 1. The number of sulfonamides is 1. The summed E-state index contributed by atoms with van der Waals surface area (Å²) in [7, 11) is -1.42. The number of fused-ring (bicyclic) bond motifs is 4. The summed E-state index contributed by atoms with van der Waals surface area (Å²) < 4.78 is 31.9. The van der Waals surface area contributed by atoms with Gasteiger partial charge in [0.1, 0.15) is 5.75 Å². The van der Waals surface area contributed by atoms with E-state index in [1.807, 2.05) is 6.07 Å². The molecule has 0 N–H and O–H groups in total. The van der Waals surface area contributed by atoms with Crippen LogP contribution in [0.5, 0.6) is 5.75 Å². The minimum Gasteiger partial charge on any atom is -0.496 e. The van der Waals surface area contributed by atoms with Crippen LogP contribution in [-0.4, -0.2) is 56.7 Å². The molecule has 6 heteroatoms. The molecular formula is C18H26N2O3S. The predicted molar refractivity (Wildman–Crippen MR) is 93.7 cm³/mol. The van der Waals surface area contributed by atoms with Crippen LogP contribution in [0.15, 0.2) is 18.2 Å². The fourth-order valence-electron chi connectivity index (χ4n) is 5.02. The zero-order chi connectivity index (χ0) is 16.9. The summed E-state index contributed by atoms with van der Waals surface area (Å²) in [5.74, 6) is 1.41. The Hall–Kier alpha value is -1.11. The highest BCUT2D eigenvalue weighted by Crippen LogP contribution is 2.46. The van der Waals surface area contributed by atoms with Crippen molar-refractivity contribution in [2.24, 2.45) is 5.92 Å². The molecule has 0 saturated carbocycles. The molecule has 3 aliphatic heterocycles. The van der Waals surface area contributed by atoms with Gasteiger partial charge in [-0.05, 0) is 43.2 Å². The number of nitrogens with zero attached hydrogens (tertiary/aromatic N) is 2. The maximum absolute atomic E-state index is 12.3. The van der Waals surface area contributed by atoms with E-state index in [1.54, 1.807) is 11.4 Å². The quantitative estimate of drug-likeness (QED) is 0.819. The highest BCUT2D eigenvalue weighted by Gasteiger charge is 2.45. The van der Waals surface area contributed by atoms with Gasteiger partial charge in [0.25, 0.3) is 0 Å². The molecule has 0 aromatic heterocycles. The van der Waals surface area contributed by atoms with Crippen molar-refractivity contribution in [2.75, 3.05) is 33.0 Å². The van der Waals surface area contributed by atoms with Gasteiger partial charge < -0.3 is 4.74 Å². The molecule has 0 spiro atoms. The molecule has 0 aliphatic carbocycles. The van der Waals surface area contributed by atoms with Crippen LogP contribution in [0.2, 0.25) is 0 Å². The molecule has 0 bridgehead atoms. The first-order valence-electron chi connectivity index (χ1n) is 8.85. The van der Waals surface area contributed by atoms with Crippen molar-refractivity contribution >= 4 is 10.0 Å². The number of methoxy groups -OCH3 is 1. The summed E-state index contributed by atoms with van der Waals surface area (Å²) in [6.07, 6.45) is 5.41. The fourth-order valence-corrected chi connectivity index (χ4v) is 6.23. The highest BCUT2D eigenvalue weighted by molar-refractivity contribution is 7.88. The second kappa shape index (κ2) is 6.00. The van der Waals surface area contributed by atoms with Crippen LogP contribution in [0.4, 0.5) is 0 Å². The largest absolute Gasteiger partial charge is 0.496 e. The van der Waals surface area contributed by atoms with E-state index >= 15 is 0 Å². The van der Waals surface area contributed by atoms with Gasteiger partial charge in [-0.2, -0.15) is 4.31 Å². The van der Waals surface area contributed by atoms with Gasteiger partial charge in [0, 0.05) is 37.3 Å². The average Bonchev–Trinajstić information content (AvgIpc) is 2.57. The Morgan fingerprint density at radius 2 is 2.08 bits per heavy atom. The summed E-state index contributed by atoms with van der Waals surface area (Å²) in [4.78, 5) is 2.55. The predicted octanol–water partition coefficient (Wildman–Crippen LogP) is 2.04. The maximum Gasteiger partial charge on any atom is 0.211 e. The molecule has 1 aromatic carbocycles. The molecule has 24 heavy (non-hydrogen) atoms. The van der Waals surface area contributed by atoms with E-state index in [0.29, 0.717) is 12.5 Å². The zero-order valence-electron chi connectivity index (χ0n) is 14.4. The molecule has 3 atom stereocenters. The Bertz CT molecular complexity index is 720. The van der Waals surface area contributed by atoms with Gasteiger partial charge >= 0.3 is 0 Å². The van der Waals surface area contributed by atoms with Crippen molar-refractivity contribution < 1.29 is 13.2 Å². The third-order valence-electron chi connectivity index (χ3n) is 6.05. The minimum atomic E-state index is -3.14. The number of benzene rings is 1. The molecule has 0 unspecified atom stereocenters. The van der Waals surface area contributed by atoms with E-state index in [-0.39, 0.29) is 12.1 Å². The first-order valence-corrected chi connectivity index (χ1v) is 10.7. The van der Waals surface area contributed by atoms with Gasteiger partial charge in [-0.15, -0.1) is 0 Å². The molecule has 4 rings (SSSR count). The lowest BCUT2D eigenvalue weighted by molar-refractivity contribution is 0.0213. The van der Waals surface area contributed by atoms with Crippen LogP contribution >= 0.6 is 0 Å². The molecule has 2 fully saturated rings. The van der Waals surface area contributed by atoms with Crippen LogP contribution in [0.3, 0.4) is 0 Å². The van der Waals surface area contributed by atoms with Crippen LogP contribution in [0.25, 0.3) is 0 Å². The first-order chi connectivity index (χ1) is 11.5. The van der Waals surface area contributed by atoms with Gasteiger partial charge in [-0.1, -0.05) is 12.1 Å². The minimum absolute atomic E-state index is 0.130. The Kier molecular flexibility index (Phi) is 4.09. The van der Waals surface area contributed by atoms with Crippen LogP contribution in [0.1, 0.15) is 36.4 Å². The van der Waals surface area contributed by atoms with Crippen LogP contribution in [-0.2, 0) is 16.4 Å². The smallest absolute Gasteiger partial charge is 0.211 e. The number of piperidine rings is 2. The Morgan fingerprint density at radius 1 is 1.25 bits per heavy atom. The summed E-state index contributed by atoms with van der Waals surface area (Å²) in [6.45, 7) is 2.73. The SMILES string of the molecule is COc1cccc2c1[C@@H]1C[C@H]3[C@H](CCCN3S(C)(=O)=O)CN1CC2. The monoisotopic (exact) mass is 350 g/mol. The van der Waals surface area contributed by atoms with E-state index < -0.39 is 10.0 Å². The third kappa shape index (κ3) is 2.65. The van der Waals surface area contributed by atoms with Gasteiger partial charge in [-0.25, -0.2) is 8.42 Å². The van der Waals surface area contributed by atoms with Gasteiger partial charge in [0.05, 0.1) is 13.4 Å². The second-order valence-corrected chi connectivity index (χ2v) is 9.31. The lowest BCUT2D eigenvalue weighted by Gasteiger charge is -2.51. The van der Waals surface area contributed by atoms with Crippen molar-refractivity contribution in [2.45, 2.75) is 37.8 Å². The Balaban J connectivity index is 1.71. The molecule has 3 aliphatic rings. The normalized spacial score (nSPS) is 31.0. The molecule has 0 amide bonds. The summed E-state index contributed by atoms with van der Waals surface area (Å²) in [5.41, 5.74) is 2.64. The van der Waals surface area contributed by atoms with Gasteiger partial charge in [0.2, 0.25) is 10.0 Å². The molecule has 2 saturated heterocycles. The van der Waals surface area contributed by atoms with E-state index in [0.717, 1.165) is 44.5 Å². The van der Waals surface area contributed by atoms with Crippen molar-refractivity contribution in [1.82, 2.24) is 9.21 Å². The molecule has 1 aromatic rings. The van der Waals surface area contributed by atoms with E-state index in [2.05, 4.69) is 17.0 Å². The van der Waals surface area contributed by atoms with Crippen LogP contribution in [0, 0.1) is 5.92 Å². The Labute approximate surface area is 144 Å². The summed E-state index contributed by atoms with van der Waals surface area (Å²) >= 11 is 0. The highest BCUT2D eigenvalue weighted by atomic mass is 32.2. The van der Waals surface area contributed by atoms with Crippen molar-refractivity contribution in [3.05, 3.63) is 29.3 Å². The lowest BCUT2D eigenvalue weighted by atomic mass is 9.77. The number of hydrogen-bond donors (Lipinski definition) is 0. The number of rotatable bonds is 2. The first kappa shape index (κ1) is 16.4. The van der Waals surface area contributed by atoms with Crippen molar-refractivity contribution in [3.8, 4) is 5.75 Å². The zero-order valence-corrected chi connectivity index (χ0v) is 15.3. The molecule has 132 valence electrons. The molecular weight excluding hydrogens is 324 g/mol. The van der Waals surface area contributed by atoms with Crippen molar-refractivity contribution in [1.29, 1.82) is 0 Å². The maximum atomic E-state index is 12.3. The standard InChI is InChI=1S/C18H26N2O3S/c1-23-17-7-3-5-13-8-10-19-12-14-6-4-9-20(24(2,21)22)15(14)11-16(19)18(13)17/h3,5,7,14-16H,4,6,8-12H2,1-2H3/t14-,15+,16+/m1/s1. The summed E-state index contributed by atoms with van der Waals surface area (Å²) in [6, 6.07) is 6.68. The topological polar surface area (TPSA) is 49.9 Å². The molecule has 5 nitrogen and oxygen atoms in total. The second-order valence-electron chi connectivity index (χ2n) is 7.37. The van der Waals surface area contributed by atoms with Gasteiger partial charge in [0.15, 0.2) is 0 Å². The fraction of sp³-hybridized carbons (Fsp3) is 0.667. The third-order valence-corrected chi connectivity index (χ3v) is 7.35. The van der Waals surface area contributed by atoms with Crippen molar-refractivity contribution in [3.63, 3.8) is 0 Å². The van der Waals surface area contributed by atoms with E-state index in [1.165, 1.54) is 17.4 Å². The summed E-state index contributed by atoms with van der Waals surface area (Å²) in [5, 5.41) is 0. The van der Waals surface area contributed by atoms with E-state index in [9.17, 15) is 8.42 Å². The molecule has 0 radical (unpaired) electrons. The number of hydrogen-bond acceptors (Lipinski definition) is 4. The lowest BCUT2D eigenvalue weighted by Crippen LogP contribution is -2.57. The average molecular weight is 350 g/mol. The Morgan fingerprint density at radius 3 is 2.83 bits per heavy atom. The van der Waals surface area contributed by atoms with E-state index in [4.69, 9.17) is 4.74 Å². The van der Waals surface area contributed by atoms with Gasteiger partial charge in [-0.3, -0.25) is 4.90 Å². The van der Waals surface area contributed by atoms with Crippen LogP contribution < -0.4 is 4.74 Å².